The van der Waals surface area contributed by atoms with Gasteiger partial charge in [0.15, 0.2) is 0 Å². The zero-order valence-electron chi connectivity index (χ0n) is 10.6. The molecule has 1 aromatic carbocycles. The highest BCUT2D eigenvalue weighted by Gasteiger charge is 2.28. The molecule has 0 aromatic heterocycles. The van der Waals surface area contributed by atoms with Gasteiger partial charge < -0.3 is 20.1 Å². The van der Waals surface area contributed by atoms with E-state index in [2.05, 4.69) is 10.6 Å². The lowest BCUT2D eigenvalue weighted by atomic mass is 10.1. The second-order valence-electron chi connectivity index (χ2n) is 4.24. The molecule has 1 aliphatic rings. The van der Waals surface area contributed by atoms with Crippen molar-refractivity contribution in [2.24, 2.45) is 0 Å². The van der Waals surface area contributed by atoms with E-state index >= 15 is 0 Å². The molecule has 1 heterocycles. The summed E-state index contributed by atoms with van der Waals surface area (Å²) in [5.74, 6) is 0.570. The zero-order valence-corrected chi connectivity index (χ0v) is 10.6. The molecule has 0 aliphatic carbocycles. The Labute approximate surface area is 106 Å². The molecule has 1 fully saturated rings. The maximum absolute atomic E-state index is 12.1. The number of nitrogens with one attached hydrogen (secondary N) is 2. The van der Waals surface area contributed by atoms with Crippen LogP contribution in [0.5, 0.6) is 5.75 Å². The molecule has 0 radical (unpaired) electrons. The fourth-order valence-electron chi connectivity index (χ4n) is 2.06. The fraction of sp³-hybridized carbons (Fsp3) is 0.462. The molecule has 5 nitrogen and oxygen atoms in total. The molecule has 1 aromatic rings. The highest BCUT2D eigenvalue weighted by molar-refractivity contribution is 5.94. The van der Waals surface area contributed by atoms with Gasteiger partial charge in [0.2, 0.25) is 0 Å². The van der Waals surface area contributed by atoms with Crippen LogP contribution in [0.4, 0.5) is 0 Å². The van der Waals surface area contributed by atoms with Crippen molar-refractivity contribution in [2.75, 3.05) is 27.3 Å². The second-order valence-corrected chi connectivity index (χ2v) is 4.24. The van der Waals surface area contributed by atoms with Crippen LogP contribution in [-0.2, 0) is 4.74 Å². The van der Waals surface area contributed by atoms with Crippen LogP contribution in [0.1, 0.15) is 10.4 Å². The normalized spacial score (nSPS) is 22.8. The molecule has 2 N–H and O–H groups in total. The van der Waals surface area contributed by atoms with E-state index < -0.39 is 0 Å². The molecule has 0 spiro atoms. The van der Waals surface area contributed by atoms with Crippen molar-refractivity contribution < 1.29 is 14.3 Å². The van der Waals surface area contributed by atoms with E-state index in [-0.39, 0.29) is 18.1 Å². The first kappa shape index (κ1) is 12.9. The summed E-state index contributed by atoms with van der Waals surface area (Å²) in [7, 11) is 3.24. The van der Waals surface area contributed by atoms with E-state index in [9.17, 15) is 4.79 Å². The van der Waals surface area contributed by atoms with Crippen LogP contribution in [0.15, 0.2) is 24.3 Å². The average Bonchev–Trinajstić information content (AvgIpc) is 2.86. The summed E-state index contributed by atoms with van der Waals surface area (Å²) in [5.41, 5.74) is 0.594. The number of amides is 1. The topological polar surface area (TPSA) is 59.6 Å². The van der Waals surface area contributed by atoms with Gasteiger partial charge in [-0.25, -0.2) is 0 Å². The number of hydrogen-bond acceptors (Lipinski definition) is 4. The zero-order chi connectivity index (χ0) is 13.0. The first-order valence-corrected chi connectivity index (χ1v) is 5.93. The highest BCUT2D eigenvalue weighted by atomic mass is 16.5. The van der Waals surface area contributed by atoms with Gasteiger partial charge in [-0.1, -0.05) is 6.07 Å². The van der Waals surface area contributed by atoms with Gasteiger partial charge in [-0.3, -0.25) is 4.79 Å². The first-order chi connectivity index (χ1) is 8.74. The van der Waals surface area contributed by atoms with Gasteiger partial charge in [0.1, 0.15) is 5.75 Å². The van der Waals surface area contributed by atoms with Crippen molar-refractivity contribution in [3.8, 4) is 5.75 Å². The SMILES string of the molecule is COc1cccc(C(=O)NC2CNC[C@@H]2OC)c1. The Hall–Kier alpha value is -1.59. The molecule has 1 unspecified atom stereocenters. The number of methoxy groups -OCH3 is 2. The van der Waals surface area contributed by atoms with Crippen LogP contribution < -0.4 is 15.4 Å². The van der Waals surface area contributed by atoms with Gasteiger partial charge in [-0.15, -0.1) is 0 Å². The fourth-order valence-corrected chi connectivity index (χ4v) is 2.06. The number of hydrogen-bond donors (Lipinski definition) is 2. The van der Waals surface area contributed by atoms with Crippen LogP contribution in [0.3, 0.4) is 0 Å². The van der Waals surface area contributed by atoms with E-state index in [0.29, 0.717) is 11.3 Å². The minimum Gasteiger partial charge on any atom is -0.497 e. The minimum absolute atomic E-state index is 0.00806. The Balaban J connectivity index is 2.02. The van der Waals surface area contributed by atoms with Gasteiger partial charge in [-0.2, -0.15) is 0 Å². The first-order valence-electron chi connectivity index (χ1n) is 5.93. The van der Waals surface area contributed by atoms with Crippen LogP contribution in [0.2, 0.25) is 0 Å². The van der Waals surface area contributed by atoms with Gasteiger partial charge in [0.05, 0.1) is 19.3 Å². The maximum Gasteiger partial charge on any atom is 0.251 e. The molecule has 1 amide bonds. The summed E-state index contributed by atoms with van der Waals surface area (Å²) >= 11 is 0. The molecule has 18 heavy (non-hydrogen) atoms. The lowest BCUT2D eigenvalue weighted by Gasteiger charge is -2.18. The van der Waals surface area contributed by atoms with E-state index in [4.69, 9.17) is 9.47 Å². The van der Waals surface area contributed by atoms with Crippen LogP contribution in [0, 0.1) is 0 Å². The maximum atomic E-state index is 12.1. The Morgan fingerprint density at radius 3 is 2.94 bits per heavy atom. The molecule has 2 atom stereocenters. The summed E-state index contributed by atoms with van der Waals surface area (Å²) in [6.45, 7) is 1.49. The molecule has 98 valence electrons. The number of benzene rings is 1. The van der Waals surface area contributed by atoms with Gasteiger partial charge in [0.25, 0.3) is 5.91 Å². The smallest absolute Gasteiger partial charge is 0.251 e. The average molecular weight is 250 g/mol. The highest BCUT2D eigenvalue weighted by Crippen LogP contribution is 2.13. The molecule has 5 heteroatoms. The van der Waals surface area contributed by atoms with Gasteiger partial charge in [0, 0.05) is 25.8 Å². The summed E-state index contributed by atoms with van der Waals surface area (Å²) < 4.78 is 10.4. The van der Waals surface area contributed by atoms with Crippen molar-refractivity contribution in [3.63, 3.8) is 0 Å². The number of ether oxygens (including phenoxy) is 2. The van der Waals surface area contributed by atoms with Gasteiger partial charge >= 0.3 is 0 Å². The molecule has 2 rings (SSSR count). The van der Waals surface area contributed by atoms with Crippen LogP contribution >= 0.6 is 0 Å². The van der Waals surface area contributed by atoms with E-state index in [1.54, 1.807) is 32.4 Å². The van der Waals surface area contributed by atoms with Crippen LogP contribution in [0.25, 0.3) is 0 Å². The standard InChI is InChI=1S/C13H18N2O3/c1-17-10-5-3-4-9(6-10)13(16)15-11-7-14-8-12(11)18-2/h3-6,11-12,14H,7-8H2,1-2H3,(H,15,16)/t11?,12-/m0/s1. The Kier molecular flexibility index (Phi) is 4.17. The lowest BCUT2D eigenvalue weighted by molar-refractivity contribution is 0.0779. The molecule has 1 aliphatic heterocycles. The Morgan fingerprint density at radius 1 is 1.39 bits per heavy atom. The number of rotatable bonds is 4. The van der Waals surface area contributed by atoms with Crippen molar-refractivity contribution in [1.29, 1.82) is 0 Å². The van der Waals surface area contributed by atoms with Crippen LogP contribution in [-0.4, -0.2) is 45.4 Å². The van der Waals surface area contributed by atoms with E-state index in [1.165, 1.54) is 0 Å². The predicted molar refractivity (Wildman–Crippen MR) is 67.9 cm³/mol. The largest absolute Gasteiger partial charge is 0.497 e. The quantitative estimate of drug-likeness (QED) is 0.812. The van der Waals surface area contributed by atoms with Crippen molar-refractivity contribution >= 4 is 5.91 Å². The van der Waals surface area contributed by atoms with Crippen molar-refractivity contribution in [2.45, 2.75) is 12.1 Å². The summed E-state index contributed by atoms with van der Waals surface area (Å²) in [6, 6.07) is 7.11. The summed E-state index contributed by atoms with van der Waals surface area (Å²) in [5, 5.41) is 6.15. The van der Waals surface area contributed by atoms with E-state index in [1.807, 2.05) is 6.07 Å². The molecule has 0 bridgehead atoms. The number of carbonyl (C=O) groups excluding carboxylic acids is 1. The van der Waals surface area contributed by atoms with Crippen molar-refractivity contribution in [1.82, 2.24) is 10.6 Å². The predicted octanol–water partition coefficient (Wildman–Crippen LogP) is 0.412. The molecular formula is C13H18N2O3. The molecular weight excluding hydrogens is 232 g/mol. The van der Waals surface area contributed by atoms with Gasteiger partial charge in [-0.05, 0) is 18.2 Å². The summed E-state index contributed by atoms with van der Waals surface area (Å²) in [4.78, 5) is 12.1. The third-order valence-corrected chi connectivity index (χ3v) is 3.11. The lowest BCUT2D eigenvalue weighted by Crippen LogP contribution is -2.43. The summed E-state index contributed by atoms with van der Waals surface area (Å²) in [6.07, 6.45) is 0.0274. The minimum atomic E-state index is -0.107. The Bertz CT molecular complexity index is 422. The monoisotopic (exact) mass is 250 g/mol. The third-order valence-electron chi connectivity index (χ3n) is 3.11. The Morgan fingerprint density at radius 2 is 2.22 bits per heavy atom. The molecule has 0 saturated carbocycles. The number of carbonyl (C=O) groups is 1. The van der Waals surface area contributed by atoms with E-state index in [0.717, 1.165) is 13.1 Å². The third kappa shape index (κ3) is 2.80. The second kappa shape index (κ2) is 5.84. The van der Waals surface area contributed by atoms with Crippen molar-refractivity contribution in [3.05, 3.63) is 29.8 Å². The molecule has 1 saturated heterocycles.